The minimum atomic E-state index is -0.408. The second-order valence-corrected chi connectivity index (χ2v) is 5.63. The Labute approximate surface area is 117 Å². The fourth-order valence-electron chi connectivity index (χ4n) is 1.70. The summed E-state index contributed by atoms with van der Waals surface area (Å²) in [6.45, 7) is 6.92. The molecule has 0 bridgehead atoms. The summed E-state index contributed by atoms with van der Waals surface area (Å²) in [5, 5.41) is 18.5. The van der Waals surface area contributed by atoms with E-state index in [2.05, 4.69) is 31.2 Å². The second-order valence-electron chi connectivity index (χ2n) is 5.63. The first kappa shape index (κ1) is 14.2. The van der Waals surface area contributed by atoms with Crippen molar-refractivity contribution in [3.63, 3.8) is 0 Å². The molecule has 0 unspecified atom stereocenters. The van der Waals surface area contributed by atoms with E-state index in [1.165, 1.54) is 12.1 Å². The molecule has 1 aromatic carbocycles. The molecule has 0 fully saturated rings. The number of non-ortho nitro benzene ring substituents is 1. The van der Waals surface area contributed by atoms with Gasteiger partial charge in [0.1, 0.15) is 0 Å². The predicted molar refractivity (Wildman–Crippen MR) is 76.8 cm³/mol. The van der Waals surface area contributed by atoms with Gasteiger partial charge < -0.3 is 5.32 Å². The van der Waals surface area contributed by atoms with Crippen molar-refractivity contribution in [2.24, 2.45) is 0 Å². The maximum Gasteiger partial charge on any atom is 0.271 e. The van der Waals surface area contributed by atoms with Crippen LogP contribution >= 0.6 is 0 Å². The number of nitrogens with one attached hydrogen (secondary N) is 1. The zero-order valence-electron chi connectivity index (χ0n) is 11.8. The Bertz CT molecular complexity index is 614. The number of hydrogen-bond acceptors (Lipinski definition) is 4. The topological polar surface area (TPSA) is 73.0 Å². The van der Waals surface area contributed by atoms with Gasteiger partial charge in [-0.25, -0.2) is 4.68 Å². The molecule has 1 N–H and O–H groups in total. The molecule has 6 heteroatoms. The van der Waals surface area contributed by atoms with E-state index < -0.39 is 4.92 Å². The molecule has 106 valence electrons. The third-order valence-corrected chi connectivity index (χ3v) is 2.75. The number of nitro benzene ring substituents is 1. The van der Waals surface area contributed by atoms with Gasteiger partial charge in [0.05, 0.1) is 16.3 Å². The van der Waals surface area contributed by atoms with Crippen LogP contribution in [-0.4, -0.2) is 20.2 Å². The van der Waals surface area contributed by atoms with E-state index in [9.17, 15) is 10.1 Å². The van der Waals surface area contributed by atoms with E-state index in [1.54, 1.807) is 23.0 Å². The molecule has 20 heavy (non-hydrogen) atoms. The van der Waals surface area contributed by atoms with Gasteiger partial charge in [-0.05, 0) is 32.9 Å². The molecule has 6 nitrogen and oxygen atoms in total. The van der Waals surface area contributed by atoms with E-state index in [1.807, 2.05) is 6.07 Å². The highest BCUT2D eigenvalue weighted by Gasteiger charge is 2.11. The normalized spacial score (nSPS) is 11.6. The SMILES string of the molecule is CC(C)(C)NCc1ccn(-c2cccc([N+](=O)[O-])c2)n1. The number of rotatable bonds is 4. The monoisotopic (exact) mass is 274 g/mol. The van der Waals surface area contributed by atoms with Gasteiger partial charge in [-0.1, -0.05) is 6.07 Å². The summed E-state index contributed by atoms with van der Waals surface area (Å²) in [4.78, 5) is 10.4. The molecule has 0 atom stereocenters. The molecule has 0 aliphatic rings. The number of aromatic nitrogens is 2. The maximum atomic E-state index is 10.8. The van der Waals surface area contributed by atoms with Crippen molar-refractivity contribution in [2.75, 3.05) is 0 Å². The Hall–Kier alpha value is -2.21. The Kier molecular flexibility index (Phi) is 3.85. The van der Waals surface area contributed by atoms with Gasteiger partial charge in [0.15, 0.2) is 0 Å². The smallest absolute Gasteiger partial charge is 0.271 e. The molecule has 0 saturated heterocycles. The molecule has 0 aliphatic heterocycles. The largest absolute Gasteiger partial charge is 0.306 e. The van der Waals surface area contributed by atoms with Crippen molar-refractivity contribution in [2.45, 2.75) is 32.9 Å². The summed E-state index contributed by atoms with van der Waals surface area (Å²) >= 11 is 0. The highest BCUT2D eigenvalue weighted by molar-refractivity contribution is 5.42. The van der Waals surface area contributed by atoms with Crippen LogP contribution in [0.4, 0.5) is 5.69 Å². The fraction of sp³-hybridized carbons (Fsp3) is 0.357. The van der Waals surface area contributed by atoms with E-state index in [4.69, 9.17) is 0 Å². The van der Waals surface area contributed by atoms with Crippen LogP contribution in [0.15, 0.2) is 36.5 Å². The minimum absolute atomic E-state index is 0.0231. The molecule has 0 spiro atoms. The van der Waals surface area contributed by atoms with E-state index in [-0.39, 0.29) is 11.2 Å². The summed E-state index contributed by atoms with van der Waals surface area (Å²) in [7, 11) is 0. The number of nitro groups is 1. The van der Waals surface area contributed by atoms with Crippen molar-refractivity contribution in [1.82, 2.24) is 15.1 Å². The van der Waals surface area contributed by atoms with E-state index in [0.29, 0.717) is 12.2 Å². The van der Waals surface area contributed by atoms with Crippen LogP contribution in [0.1, 0.15) is 26.5 Å². The molecule has 0 aliphatic carbocycles. The molecule has 0 amide bonds. The highest BCUT2D eigenvalue weighted by Crippen LogP contribution is 2.16. The summed E-state index contributed by atoms with van der Waals surface area (Å²) in [6, 6.07) is 8.32. The number of nitrogens with zero attached hydrogens (tertiary/aromatic N) is 3. The van der Waals surface area contributed by atoms with Crippen LogP contribution in [0, 0.1) is 10.1 Å². The lowest BCUT2D eigenvalue weighted by atomic mass is 10.1. The Morgan fingerprint density at radius 3 is 2.75 bits per heavy atom. The van der Waals surface area contributed by atoms with Crippen LogP contribution in [0.3, 0.4) is 0 Å². The lowest BCUT2D eigenvalue weighted by Gasteiger charge is -2.19. The van der Waals surface area contributed by atoms with Crippen LogP contribution in [-0.2, 0) is 6.54 Å². The van der Waals surface area contributed by atoms with Gasteiger partial charge >= 0.3 is 0 Å². The quantitative estimate of drug-likeness (QED) is 0.687. The molecular formula is C14H18N4O2. The van der Waals surface area contributed by atoms with Crippen LogP contribution < -0.4 is 5.32 Å². The third kappa shape index (κ3) is 3.64. The lowest BCUT2D eigenvalue weighted by molar-refractivity contribution is -0.384. The number of benzene rings is 1. The first-order valence-corrected chi connectivity index (χ1v) is 6.39. The highest BCUT2D eigenvalue weighted by atomic mass is 16.6. The van der Waals surface area contributed by atoms with Gasteiger partial charge in [0, 0.05) is 30.4 Å². The first-order chi connectivity index (χ1) is 9.35. The average Bonchev–Trinajstić information content (AvgIpc) is 2.84. The van der Waals surface area contributed by atoms with Gasteiger partial charge in [-0.2, -0.15) is 5.10 Å². The molecule has 1 heterocycles. The molecule has 0 radical (unpaired) electrons. The summed E-state index contributed by atoms with van der Waals surface area (Å²) in [5.41, 5.74) is 1.66. The first-order valence-electron chi connectivity index (χ1n) is 6.39. The predicted octanol–water partition coefficient (Wildman–Crippen LogP) is 2.67. The molecule has 0 saturated carbocycles. The van der Waals surface area contributed by atoms with Crippen LogP contribution in [0.25, 0.3) is 5.69 Å². The summed E-state index contributed by atoms with van der Waals surface area (Å²) in [5.74, 6) is 0. The van der Waals surface area contributed by atoms with Crippen molar-refractivity contribution in [1.29, 1.82) is 0 Å². The molecular weight excluding hydrogens is 256 g/mol. The van der Waals surface area contributed by atoms with Gasteiger partial charge in [-0.3, -0.25) is 10.1 Å². The van der Waals surface area contributed by atoms with Crippen molar-refractivity contribution >= 4 is 5.69 Å². The van der Waals surface area contributed by atoms with Crippen molar-refractivity contribution < 1.29 is 4.92 Å². The standard InChI is InChI=1S/C14H18N4O2/c1-14(2,3)15-10-11-7-8-17(16-11)12-5-4-6-13(9-12)18(19)20/h4-9,15H,10H2,1-3H3. The van der Waals surface area contributed by atoms with E-state index >= 15 is 0 Å². The van der Waals surface area contributed by atoms with Gasteiger partial charge in [0.2, 0.25) is 0 Å². The van der Waals surface area contributed by atoms with E-state index in [0.717, 1.165) is 5.69 Å². The lowest BCUT2D eigenvalue weighted by Crippen LogP contribution is -2.35. The Balaban J connectivity index is 2.16. The Morgan fingerprint density at radius 1 is 1.35 bits per heavy atom. The average molecular weight is 274 g/mol. The number of hydrogen-bond donors (Lipinski definition) is 1. The third-order valence-electron chi connectivity index (χ3n) is 2.75. The van der Waals surface area contributed by atoms with Crippen LogP contribution in [0.5, 0.6) is 0 Å². The zero-order valence-corrected chi connectivity index (χ0v) is 11.8. The minimum Gasteiger partial charge on any atom is -0.306 e. The van der Waals surface area contributed by atoms with Crippen LogP contribution in [0.2, 0.25) is 0 Å². The molecule has 2 aromatic rings. The second kappa shape index (κ2) is 5.42. The van der Waals surface area contributed by atoms with Crippen molar-refractivity contribution in [3.8, 4) is 5.69 Å². The zero-order chi connectivity index (χ0) is 14.8. The van der Waals surface area contributed by atoms with Gasteiger partial charge in [-0.15, -0.1) is 0 Å². The fourth-order valence-corrected chi connectivity index (χ4v) is 1.70. The van der Waals surface area contributed by atoms with Gasteiger partial charge in [0.25, 0.3) is 5.69 Å². The molecule has 2 rings (SSSR count). The van der Waals surface area contributed by atoms with Crippen molar-refractivity contribution in [3.05, 3.63) is 52.3 Å². The maximum absolute atomic E-state index is 10.8. The molecule has 1 aromatic heterocycles. The summed E-state index contributed by atoms with van der Waals surface area (Å²) in [6.07, 6.45) is 1.80. The Morgan fingerprint density at radius 2 is 2.10 bits per heavy atom. The summed E-state index contributed by atoms with van der Waals surface area (Å²) < 4.78 is 1.65.